The third kappa shape index (κ3) is 4.96. The second-order valence-electron chi connectivity index (χ2n) is 5.87. The van der Waals surface area contributed by atoms with Crippen molar-refractivity contribution in [3.05, 3.63) is 53.8 Å². The Labute approximate surface area is 143 Å². The molecule has 1 aromatic heterocycles. The number of rotatable bonds is 4. The predicted molar refractivity (Wildman–Crippen MR) is 98.5 cm³/mol. The van der Waals surface area contributed by atoms with Crippen molar-refractivity contribution in [3.8, 4) is 0 Å². The number of aliphatic imine (C=N–C) groups is 1. The molecule has 0 aliphatic heterocycles. The predicted octanol–water partition coefficient (Wildman–Crippen LogP) is 4.95. The molecule has 122 valence electrons. The van der Waals surface area contributed by atoms with Crippen molar-refractivity contribution in [2.24, 2.45) is 4.99 Å². The minimum Gasteiger partial charge on any atom is -0.338 e. The first kappa shape index (κ1) is 17.3. The second-order valence-corrected chi connectivity index (χ2v) is 6.31. The number of hydrogen-bond donors (Lipinski definition) is 1. The highest BCUT2D eigenvalue weighted by atomic mass is 35.5. The van der Waals surface area contributed by atoms with Gasteiger partial charge in [-0.25, -0.2) is 4.99 Å². The van der Waals surface area contributed by atoms with Gasteiger partial charge in [0.05, 0.1) is 17.6 Å². The minimum atomic E-state index is 0.310. The lowest BCUT2D eigenvalue weighted by Gasteiger charge is -2.34. The first-order valence-electron chi connectivity index (χ1n) is 7.77. The molecule has 0 fully saturated rings. The van der Waals surface area contributed by atoms with Crippen LogP contribution in [0.2, 0.25) is 5.02 Å². The molecular weight excluding hydrogens is 308 g/mol. The van der Waals surface area contributed by atoms with Crippen molar-refractivity contribution in [1.29, 1.82) is 0 Å². The summed E-state index contributed by atoms with van der Waals surface area (Å²) in [6.07, 6.45) is 3.54. The number of nitrogens with zero attached hydrogens (tertiary/aromatic N) is 3. The Bertz CT molecular complexity index is 628. The molecule has 0 unspecified atom stereocenters. The van der Waals surface area contributed by atoms with Gasteiger partial charge in [0.15, 0.2) is 0 Å². The van der Waals surface area contributed by atoms with Crippen LogP contribution in [0.1, 0.15) is 27.7 Å². The Balaban J connectivity index is 2.39. The van der Waals surface area contributed by atoms with Gasteiger partial charge in [0.25, 0.3) is 0 Å². The highest BCUT2D eigenvalue weighted by Gasteiger charge is 2.18. The largest absolute Gasteiger partial charge is 0.338 e. The highest BCUT2D eigenvalue weighted by Crippen LogP contribution is 2.19. The van der Waals surface area contributed by atoms with E-state index in [1.165, 1.54) is 0 Å². The van der Waals surface area contributed by atoms with Crippen LogP contribution in [0, 0.1) is 0 Å². The maximum atomic E-state index is 5.96. The monoisotopic (exact) mass is 330 g/mol. The average molecular weight is 331 g/mol. The quantitative estimate of drug-likeness (QED) is 0.636. The van der Waals surface area contributed by atoms with Gasteiger partial charge in [-0.15, -0.1) is 0 Å². The van der Waals surface area contributed by atoms with Gasteiger partial charge in [-0.05, 0) is 64.1 Å². The summed E-state index contributed by atoms with van der Waals surface area (Å²) < 4.78 is 0. The van der Waals surface area contributed by atoms with Crippen molar-refractivity contribution in [2.45, 2.75) is 39.8 Å². The van der Waals surface area contributed by atoms with Crippen LogP contribution < -0.4 is 5.32 Å². The molecule has 0 amide bonds. The van der Waals surface area contributed by atoms with Gasteiger partial charge >= 0.3 is 0 Å². The normalized spacial score (nSPS) is 11.9. The molecule has 0 atom stereocenters. The standard InChI is InChI=1S/C18H23ClN4/c1-13(2)23(14(3)4)18(22-17-6-5-11-20-12-17)21-16-9-7-15(19)8-10-16/h5-14H,1-4H3,(H,21,22). The lowest BCUT2D eigenvalue weighted by molar-refractivity contribution is 0.291. The van der Waals surface area contributed by atoms with E-state index in [0.717, 1.165) is 17.3 Å². The lowest BCUT2D eigenvalue weighted by atomic mass is 10.2. The summed E-state index contributed by atoms with van der Waals surface area (Å²) in [5, 5.41) is 4.09. The fourth-order valence-electron chi connectivity index (χ4n) is 2.44. The van der Waals surface area contributed by atoms with Gasteiger partial charge in [-0.1, -0.05) is 11.6 Å². The number of pyridine rings is 1. The molecule has 2 rings (SSSR count). The molecule has 1 heterocycles. The summed E-state index contributed by atoms with van der Waals surface area (Å²) in [6, 6.07) is 12.0. The lowest BCUT2D eigenvalue weighted by Crippen LogP contribution is -2.45. The van der Waals surface area contributed by atoms with Gasteiger partial charge in [-0.3, -0.25) is 4.98 Å². The highest BCUT2D eigenvalue weighted by molar-refractivity contribution is 6.30. The van der Waals surface area contributed by atoms with Crippen LogP contribution in [0.4, 0.5) is 11.4 Å². The average Bonchev–Trinajstić information content (AvgIpc) is 2.50. The molecule has 0 radical (unpaired) electrons. The zero-order valence-corrected chi connectivity index (χ0v) is 14.7. The Morgan fingerprint density at radius 2 is 1.74 bits per heavy atom. The molecule has 0 bridgehead atoms. The summed E-state index contributed by atoms with van der Waals surface area (Å²) in [4.78, 5) is 11.2. The summed E-state index contributed by atoms with van der Waals surface area (Å²) in [7, 11) is 0. The summed E-state index contributed by atoms with van der Waals surface area (Å²) in [6.45, 7) is 8.62. The third-order valence-corrected chi connectivity index (χ3v) is 3.59. The zero-order valence-electron chi connectivity index (χ0n) is 14.0. The minimum absolute atomic E-state index is 0.310. The van der Waals surface area contributed by atoms with Crippen LogP contribution in [0.25, 0.3) is 0 Å². The molecule has 23 heavy (non-hydrogen) atoms. The number of hydrogen-bond acceptors (Lipinski definition) is 2. The van der Waals surface area contributed by atoms with Crippen molar-refractivity contribution < 1.29 is 0 Å². The van der Waals surface area contributed by atoms with E-state index in [1.54, 1.807) is 12.4 Å². The molecule has 1 N–H and O–H groups in total. The third-order valence-electron chi connectivity index (χ3n) is 3.34. The number of anilines is 1. The van der Waals surface area contributed by atoms with E-state index in [9.17, 15) is 0 Å². The van der Waals surface area contributed by atoms with E-state index in [-0.39, 0.29) is 0 Å². The molecule has 0 aliphatic rings. The van der Waals surface area contributed by atoms with Crippen molar-refractivity contribution >= 4 is 28.9 Å². The van der Waals surface area contributed by atoms with Gasteiger partial charge in [0.2, 0.25) is 5.96 Å². The number of halogens is 1. The van der Waals surface area contributed by atoms with E-state index >= 15 is 0 Å². The van der Waals surface area contributed by atoms with E-state index in [2.05, 4.69) is 42.9 Å². The van der Waals surface area contributed by atoms with Gasteiger partial charge in [0, 0.05) is 23.3 Å². The molecule has 5 heteroatoms. The molecule has 1 aromatic carbocycles. The molecule has 0 saturated carbocycles. The van der Waals surface area contributed by atoms with Gasteiger partial charge < -0.3 is 10.2 Å². The Morgan fingerprint density at radius 1 is 1.09 bits per heavy atom. The second kappa shape index (κ2) is 7.97. The van der Waals surface area contributed by atoms with E-state index in [4.69, 9.17) is 16.6 Å². The van der Waals surface area contributed by atoms with Crippen LogP contribution in [0.5, 0.6) is 0 Å². The van der Waals surface area contributed by atoms with Crippen LogP contribution in [-0.2, 0) is 0 Å². The summed E-state index contributed by atoms with van der Waals surface area (Å²) in [5.74, 6) is 0.797. The molecule has 0 spiro atoms. The number of aromatic nitrogens is 1. The SMILES string of the molecule is CC(C)N(C(=Nc1ccc(Cl)cc1)Nc1cccnc1)C(C)C. The molecule has 4 nitrogen and oxygen atoms in total. The van der Waals surface area contributed by atoms with Crippen molar-refractivity contribution in [2.75, 3.05) is 5.32 Å². The van der Waals surface area contributed by atoms with E-state index in [1.807, 2.05) is 36.4 Å². The molecular formula is C18H23ClN4. The Hall–Kier alpha value is -2.07. The summed E-state index contributed by atoms with van der Waals surface area (Å²) in [5.41, 5.74) is 1.76. The Kier molecular flexibility index (Phi) is 5.99. The maximum absolute atomic E-state index is 5.96. The van der Waals surface area contributed by atoms with Gasteiger partial charge in [0.1, 0.15) is 0 Å². The van der Waals surface area contributed by atoms with Crippen molar-refractivity contribution in [3.63, 3.8) is 0 Å². The first-order chi connectivity index (χ1) is 11.0. The smallest absolute Gasteiger partial charge is 0.204 e. The van der Waals surface area contributed by atoms with Crippen LogP contribution in [0.15, 0.2) is 53.8 Å². The number of benzene rings is 1. The topological polar surface area (TPSA) is 40.5 Å². The Morgan fingerprint density at radius 3 is 2.26 bits per heavy atom. The fraction of sp³-hybridized carbons (Fsp3) is 0.333. The molecule has 0 saturated heterocycles. The number of nitrogens with one attached hydrogen (secondary N) is 1. The van der Waals surface area contributed by atoms with Crippen molar-refractivity contribution in [1.82, 2.24) is 9.88 Å². The molecule has 0 aliphatic carbocycles. The molecule has 2 aromatic rings. The zero-order chi connectivity index (χ0) is 16.8. The fourth-order valence-corrected chi connectivity index (χ4v) is 2.57. The van der Waals surface area contributed by atoms with Crippen LogP contribution >= 0.6 is 11.6 Å². The van der Waals surface area contributed by atoms with E-state index < -0.39 is 0 Å². The summed E-state index contributed by atoms with van der Waals surface area (Å²) >= 11 is 5.96. The van der Waals surface area contributed by atoms with Crippen LogP contribution in [-0.4, -0.2) is 27.9 Å². The van der Waals surface area contributed by atoms with E-state index in [0.29, 0.717) is 17.1 Å². The number of guanidine groups is 1. The van der Waals surface area contributed by atoms with Crippen LogP contribution in [0.3, 0.4) is 0 Å². The maximum Gasteiger partial charge on any atom is 0.204 e. The first-order valence-corrected chi connectivity index (χ1v) is 8.15. The van der Waals surface area contributed by atoms with Gasteiger partial charge in [-0.2, -0.15) is 0 Å².